The summed E-state index contributed by atoms with van der Waals surface area (Å²) in [7, 11) is 3.41. The minimum Gasteiger partial charge on any atom is -0.380 e. The number of benzene rings is 1. The zero-order valence-corrected chi connectivity index (χ0v) is 14.1. The Labute approximate surface area is 141 Å². The number of nitrogens with zero attached hydrogens (tertiary/aromatic N) is 2. The van der Waals surface area contributed by atoms with Gasteiger partial charge in [0.05, 0.1) is 37.0 Å². The van der Waals surface area contributed by atoms with Crippen molar-refractivity contribution in [3.63, 3.8) is 0 Å². The first-order valence-corrected chi connectivity index (χ1v) is 8.12. The number of amides is 1. The molecule has 24 heavy (non-hydrogen) atoms. The zero-order chi connectivity index (χ0) is 17.2. The lowest BCUT2D eigenvalue weighted by molar-refractivity contribution is -0.127. The summed E-state index contributed by atoms with van der Waals surface area (Å²) in [5, 5.41) is 3.01. The van der Waals surface area contributed by atoms with Crippen LogP contribution in [-0.4, -0.2) is 66.1 Å². The summed E-state index contributed by atoms with van der Waals surface area (Å²) in [5.41, 5.74) is 1.35. The first-order chi connectivity index (χ1) is 11.6. The van der Waals surface area contributed by atoms with Crippen molar-refractivity contribution in [1.29, 1.82) is 0 Å². The van der Waals surface area contributed by atoms with Crippen LogP contribution < -0.4 is 15.1 Å². The fourth-order valence-electron chi connectivity index (χ4n) is 3.32. The van der Waals surface area contributed by atoms with Gasteiger partial charge >= 0.3 is 0 Å². The molecule has 2 aliphatic rings. The van der Waals surface area contributed by atoms with E-state index in [1.165, 1.54) is 11.0 Å². The molecule has 0 radical (unpaired) electrons. The maximum absolute atomic E-state index is 14.5. The molecule has 0 aliphatic carbocycles. The van der Waals surface area contributed by atoms with Crippen LogP contribution in [0.1, 0.15) is 0 Å². The second kappa shape index (κ2) is 7.04. The van der Waals surface area contributed by atoms with E-state index in [1.54, 1.807) is 19.2 Å². The van der Waals surface area contributed by atoms with Crippen molar-refractivity contribution >= 4 is 17.8 Å². The van der Waals surface area contributed by atoms with E-state index in [0.29, 0.717) is 30.9 Å². The number of hydrogen-bond acceptors (Lipinski definition) is 5. The highest BCUT2D eigenvalue weighted by Gasteiger charge is 2.49. The molecule has 1 amide bonds. The van der Waals surface area contributed by atoms with Crippen LogP contribution >= 0.6 is 0 Å². The Bertz CT molecular complexity index is 586. The summed E-state index contributed by atoms with van der Waals surface area (Å²) in [5.74, 6) is -0.308. The van der Waals surface area contributed by atoms with Gasteiger partial charge in [0.15, 0.2) is 0 Å². The van der Waals surface area contributed by atoms with E-state index in [0.717, 1.165) is 26.3 Å². The number of likely N-dealkylation sites (N-methyl/N-ethyl adjacent to an activating group) is 1. The Balaban J connectivity index is 1.67. The molecule has 2 aliphatic heterocycles. The number of carbonyl (C=O) groups is 1. The molecular formula is C17H24FN3O3. The van der Waals surface area contributed by atoms with Gasteiger partial charge in [0, 0.05) is 32.4 Å². The third-order valence-electron chi connectivity index (χ3n) is 4.77. The maximum atomic E-state index is 14.5. The molecule has 0 aromatic heterocycles. The molecule has 1 spiro atoms. The van der Waals surface area contributed by atoms with Crippen molar-refractivity contribution in [1.82, 2.24) is 5.32 Å². The van der Waals surface area contributed by atoms with Crippen molar-refractivity contribution in [2.45, 2.75) is 6.10 Å². The van der Waals surface area contributed by atoms with Crippen LogP contribution in [0.2, 0.25) is 0 Å². The largest absolute Gasteiger partial charge is 0.380 e. The normalized spacial score (nSPS) is 19.5. The summed E-state index contributed by atoms with van der Waals surface area (Å²) in [6.45, 7) is 4.17. The molecule has 1 aromatic rings. The van der Waals surface area contributed by atoms with Gasteiger partial charge in [-0.1, -0.05) is 0 Å². The topological polar surface area (TPSA) is 54.0 Å². The smallest absolute Gasteiger partial charge is 0.214 e. The molecule has 0 bridgehead atoms. The molecular weight excluding hydrogens is 313 g/mol. The van der Waals surface area contributed by atoms with Gasteiger partial charge in [0.2, 0.25) is 6.41 Å². The van der Waals surface area contributed by atoms with Crippen molar-refractivity contribution in [2.24, 2.45) is 5.41 Å². The second-order valence-electron chi connectivity index (χ2n) is 6.66. The highest BCUT2D eigenvalue weighted by molar-refractivity contribution is 5.76. The number of methoxy groups -OCH3 is 1. The van der Waals surface area contributed by atoms with E-state index in [-0.39, 0.29) is 17.3 Å². The number of anilines is 2. The highest BCUT2D eigenvalue weighted by atomic mass is 19.1. The summed E-state index contributed by atoms with van der Waals surface area (Å²) in [6, 6.07) is 4.94. The van der Waals surface area contributed by atoms with Gasteiger partial charge in [-0.2, -0.15) is 0 Å². The Morgan fingerprint density at radius 3 is 2.75 bits per heavy atom. The lowest BCUT2D eigenvalue weighted by atomic mass is 9.78. The van der Waals surface area contributed by atoms with Crippen LogP contribution in [0.25, 0.3) is 0 Å². The molecule has 1 unspecified atom stereocenters. The van der Waals surface area contributed by atoms with Crippen molar-refractivity contribution in [3.05, 3.63) is 24.0 Å². The average Bonchev–Trinajstić information content (AvgIpc) is 2.50. The molecule has 1 aromatic carbocycles. The van der Waals surface area contributed by atoms with E-state index >= 15 is 0 Å². The monoisotopic (exact) mass is 337 g/mol. The van der Waals surface area contributed by atoms with Crippen LogP contribution in [0.5, 0.6) is 0 Å². The van der Waals surface area contributed by atoms with Crippen LogP contribution in [0.15, 0.2) is 18.2 Å². The number of carbonyl (C=O) groups excluding carboxylic acids is 1. The summed E-state index contributed by atoms with van der Waals surface area (Å²) < 4.78 is 25.1. The molecule has 6 nitrogen and oxygen atoms in total. The number of ether oxygens (including phenoxy) is 2. The SMILES string of the molecule is CNCC(CN(C=O)c1ccc(N2CC3(COC3)C2)c(F)c1)OC. The predicted octanol–water partition coefficient (Wildman–Crippen LogP) is 0.860. The molecule has 3 rings (SSSR count). The summed E-state index contributed by atoms with van der Waals surface area (Å²) >= 11 is 0. The van der Waals surface area contributed by atoms with Crippen LogP contribution in [0.3, 0.4) is 0 Å². The van der Waals surface area contributed by atoms with E-state index < -0.39 is 0 Å². The Morgan fingerprint density at radius 1 is 1.50 bits per heavy atom. The predicted molar refractivity (Wildman–Crippen MR) is 90.0 cm³/mol. The van der Waals surface area contributed by atoms with Gasteiger partial charge < -0.3 is 24.6 Å². The Kier molecular flexibility index (Phi) is 5.03. The van der Waals surface area contributed by atoms with Crippen LogP contribution in [-0.2, 0) is 14.3 Å². The fourth-order valence-corrected chi connectivity index (χ4v) is 3.32. The quantitative estimate of drug-likeness (QED) is 0.713. The minimum absolute atomic E-state index is 0.156. The van der Waals surface area contributed by atoms with Gasteiger partial charge in [-0.25, -0.2) is 4.39 Å². The molecule has 132 valence electrons. The van der Waals surface area contributed by atoms with Crippen LogP contribution in [0.4, 0.5) is 15.8 Å². The van der Waals surface area contributed by atoms with Gasteiger partial charge in [-0.3, -0.25) is 4.79 Å². The van der Waals surface area contributed by atoms with Crippen LogP contribution in [0, 0.1) is 11.2 Å². The van der Waals surface area contributed by atoms with E-state index in [4.69, 9.17) is 9.47 Å². The maximum Gasteiger partial charge on any atom is 0.214 e. The standard InChI is InChI=1S/C17H24FN3O3/c1-19-6-14(23-2)7-20(12-22)13-3-4-16(15(18)5-13)21-8-17(9-21)10-24-11-17/h3-5,12,14,19H,6-11H2,1-2H3. The molecule has 2 fully saturated rings. The molecule has 2 saturated heterocycles. The zero-order valence-electron chi connectivity index (χ0n) is 14.1. The van der Waals surface area contributed by atoms with Crippen molar-refractivity contribution in [3.8, 4) is 0 Å². The van der Waals surface area contributed by atoms with Crippen molar-refractivity contribution in [2.75, 3.05) is 63.4 Å². The summed E-state index contributed by atoms with van der Waals surface area (Å²) in [6.07, 6.45) is 0.553. The lowest BCUT2D eigenvalue weighted by Crippen LogP contribution is -2.66. The van der Waals surface area contributed by atoms with Gasteiger partial charge in [0.25, 0.3) is 0 Å². The minimum atomic E-state index is -0.308. The second-order valence-corrected chi connectivity index (χ2v) is 6.66. The molecule has 1 N–H and O–H groups in total. The van der Waals surface area contributed by atoms with E-state index in [9.17, 15) is 9.18 Å². The first-order valence-electron chi connectivity index (χ1n) is 8.12. The van der Waals surface area contributed by atoms with E-state index in [1.807, 2.05) is 11.9 Å². The fraction of sp³-hybridized carbons (Fsp3) is 0.588. The molecule has 0 saturated carbocycles. The molecule has 1 atom stereocenters. The van der Waals surface area contributed by atoms with Crippen molar-refractivity contribution < 1.29 is 18.7 Å². The highest BCUT2D eigenvalue weighted by Crippen LogP contribution is 2.41. The number of halogens is 1. The molecule has 7 heteroatoms. The Hall–Kier alpha value is -1.70. The first kappa shape index (κ1) is 17.1. The van der Waals surface area contributed by atoms with Gasteiger partial charge in [-0.05, 0) is 25.2 Å². The summed E-state index contributed by atoms with van der Waals surface area (Å²) in [4.78, 5) is 14.9. The molecule has 2 heterocycles. The third-order valence-corrected chi connectivity index (χ3v) is 4.77. The number of nitrogens with one attached hydrogen (secondary N) is 1. The lowest BCUT2D eigenvalue weighted by Gasteiger charge is -2.56. The van der Waals surface area contributed by atoms with Gasteiger partial charge in [0.1, 0.15) is 5.82 Å². The average molecular weight is 337 g/mol. The number of hydrogen-bond donors (Lipinski definition) is 1. The van der Waals surface area contributed by atoms with Gasteiger partial charge in [-0.15, -0.1) is 0 Å². The Morgan fingerprint density at radius 2 is 2.25 bits per heavy atom. The number of rotatable bonds is 8. The van der Waals surface area contributed by atoms with E-state index in [2.05, 4.69) is 5.32 Å². The third kappa shape index (κ3) is 3.24.